The summed E-state index contributed by atoms with van der Waals surface area (Å²) in [6.07, 6.45) is 3.87. The molecule has 0 saturated heterocycles. The summed E-state index contributed by atoms with van der Waals surface area (Å²) in [5.74, 6) is 0. The van der Waals surface area contributed by atoms with Crippen molar-refractivity contribution in [3.63, 3.8) is 0 Å². The minimum absolute atomic E-state index is 0.405. The number of aromatic nitrogens is 2. The Balaban J connectivity index is 1.77. The third-order valence-corrected chi connectivity index (χ3v) is 7.81. The van der Waals surface area contributed by atoms with Gasteiger partial charge in [0, 0.05) is 45.3 Å². The van der Waals surface area contributed by atoms with Gasteiger partial charge in [-0.15, -0.1) is 0 Å². The SMILES string of the molecule is CC1=CC(C)=N/C1=C(/c1ccc(/C(=C2/N=C(C)C=C2C)c2c(C)cc(C)n2B(F)F)cc1)c1c(C)cc(C)n1B(F)F. The molecule has 42 heavy (non-hydrogen) atoms. The Morgan fingerprint density at radius 3 is 1.17 bits per heavy atom. The van der Waals surface area contributed by atoms with Gasteiger partial charge in [0.2, 0.25) is 0 Å². The molecule has 0 spiro atoms. The van der Waals surface area contributed by atoms with Gasteiger partial charge in [-0.25, -0.2) is 0 Å². The maximum atomic E-state index is 14.4. The number of allylic oxidation sites excluding steroid dienone is 4. The zero-order chi connectivity index (χ0) is 30.6. The fourth-order valence-corrected chi connectivity index (χ4v) is 6.21. The molecule has 3 aromatic rings. The van der Waals surface area contributed by atoms with Gasteiger partial charge in [-0.1, -0.05) is 24.3 Å². The lowest BCUT2D eigenvalue weighted by Gasteiger charge is -2.19. The first kappa shape index (κ1) is 29.4. The van der Waals surface area contributed by atoms with Crippen molar-refractivity contribution in [2.75, 3.05) is 0 Å². The molecule has 2 aromatic heterocycles. The molecule has 0 saturated carbocycles. The van der Waals surface area contributed by atoms with E-state index in [-0.39, 0.29) is 0 Å². The van der Waals surface area contributed by atoms with Crippen LogP contribution in [-0.4, -0.2) is 35.2 Å². The summed E-state index contributed by atoms with van der Waals surface area (Å²) >= 11 is 0. The van der Waals surface area contributed by atoms with Gasteiger partial charge < -0.3 is 8.96 Å². The molecule has 0 radical (unpaired) electrons. The maximum Gasteiger partial charge on any atom is 0.677 e. The van der Waals surface area contributed by atoms with Crippen LogP contribution in [0, 0.1) is 27.7 Å². The third-order valence-electron chi connectivity index (χ3n) is 7.81. The molecular formula is C32H32B2F4N4. The highest BCUT2D eigenvalue weighted by atomic mass is 19.2. The predicted molar refractivity (Wildman–Crippen MR) is 167 cm³/mol. The molecule has 0 fully saturated rings. The van der Waals surface area contributed by atoms with Crippen LogP contribution in [0.1, 0.15) is 72.7 Å². The Labute approximate surface area is 245 Å². The number of aryl methyl sites for hydroxylation is 4. The lowest BCUT2D eigenvalue weighted by molar-refractivity contribution is 0.622. The summed E-state index contributed by atoms with van der Waals surface area (Å²) < 4.78 is 59.6. The van der Waals surface area contributed by atoms with Crippen molar-refractivity contribution in [1.82, 2.24) is 8.96 Å². The van der Waals surface area contributed by atoms with E-state index in [1.54, 1.807) is 26.0 Å². The van der Waals surface area contributed by atoms with E-state index in [0.717, 1.165) is 31.5 Å². The number of nitrogens with zero attached hydrogens (tertiary/aromatic N) is 4. The van der Waals surface area contributed by atoms with Crippen LogP contribution in [0.3, 0.4) is 0 Å². The van der Waals surface area contributed by atoms with E-state index in [4.69, 9.17) is 9.98 Å². The first-order valence-corrected chi connectivity index (χ1v) is 13.8. The summed E-state index contributed by atoms with van der Waals surface area (Å²) in [4.78, 5) is 9.46. The largest absolute Gasteiger partial charge is 0.677 e. The Hall–Kier alpha value is -4.07. The van der Waals surface area contributed by atoms with Crippen LogP contribution in [0.5, 0.6) is 0 Å². The van der Waals surface area contributed by atoms with E-state index >= 15 is 0 Å². The van der Waals surface area contributed by atoms with Crippen LogP contribution in [-0.2, 0) is 0 Å². The van der Waals surface area contributed by atoms with Crippen LogP contribution >= 0.6 is 0 Å². The highest BCUT2D eigenvalue weighted by Crippen LogP contribution is 2.40. The van der Waals surface area contributed by atoms with Crippen LogP contribution < -0.4 is 0 Å². The van der Waals surface area contributed by atoms with E-state index in [1.807, 2.05) is 78.0 Å². The molecule has 214 valence electrons. The molecule has 0 amide bonds. The molecule has 2 aliphatic rings. The molecule has 4 nitrogen and oxygen atoms in total. The Morgan fingerprint density at radius 2 is 0.905 bits per heavy atom. The summed E-state index contributed by atoms with van der Waals surface area (Å²) in [5.41, 5.74) is 10.4. The Kier molecular flexibility index (Phi) is 7.68. The topological polar surface area (TPSA) is 34.6 Å². The van der Waals surface area contributed by atoms with Gasteiger partial charge in [-0.2, -0.15) is 0 Å². The molecule has 2 aliphatic heterocycles. The molecule has 0 aliphatic carbocycles. The predicted octanol–water partition coefficient (Wildman–Crippen LogP) is 8.43. The monoisotopic (exact) mass is 570 g/mol. The minimum atomic E-state index is -2.73. The van der Waals surface area contributed by atoms with Crippen molar-refractivity contribution in [1.29, 1.82) is 0 Å². The van der Waals surface area contributed by atoms with Crippen molar-refractivity contribution in [3.8, 4) is 0 Å². The summed E-state index contributed by atoms with van der Waals surface area (Å²) in [6, 6.07) is 10.9. The second-order valence-corrected chi connectivity index (χ2v) is 11.1. The van der Waals surface area contributed by atoms with Gasteiger partial charge in [-0.05, 0) is 113 Å². The third kappa shape index (κ3) is 4.97. The van der Waals surface area contributed by atoms with E-state index in [9.17, 15) is 17.3 Å². The van der Waals surface area contributed by atoms with Crippen LogP contribution in [0.4, 0.5) is 17.3 Å². The maximum absolute atomic E-state index is 14.4. The fraction of sp³-hybridized carbons (Fsp3) is 0.250. The number of benzene rings is 1. The van der Waals surface area contributed by atoms with E-state index in [2.05, 4.69) is 0 Å². The van der Waals surface area contributed by atoms with Crippen molar-refractivity contribution in [2.45, 2.75) is 55.4 Å². The second kappa shape index (κ2) is 11.0. The van der Waals surface area contributed by atoms with E-state index in [0.29, 0.717) is 67.6 Å². The van der Waals surface area contributed by atoms with E-state index < -0.39 is 14.8 Å². The molecule has 0 unspecified atom stereocenters. The number of aliphatic imine (C=N–C) groups is 2. The molecule has 1 aromatic carbocycles. The number of halogens is 4. The Bertz CT molecular complexity index is 1660. The zero-order valence-corrected chi connectivity index (χ0v) is 25.1. The zero-order valence-electron chi connectivity index (χ0n) is 25.1. The standard InChI is InChI=1S/C32H32B2F4N4/c1-17-13-21(5)39-29(17)27(31-19(3)15-23(7)41(31)33(35)36)25-9-11-26(12-10-25)28(30-18(2)14-22(6)40-30)32-20(4)16-24(8)42(32)34(37)38/h9-16H,1-8H3/b29-27-,30-28-. The van der Waals surface area contributed by atoms with Gasteiger partial charge in [0.1, 0.15) is 0 Å². The second-order valence-electron chi connectivity index (χ2n) is 11.1. The average Bonchev–Trinajstić information content (AvgIpc) is 3.59. The molecule has 10 heteroatoms. The normalized spacial score (nSPS) is 17.2. The summed E-state index contributed by atoms with van der Waals surface area (Å²) in [5, 5.41) is 0. The average molecular weight is 570 g/mol. The highest BCUT2D eigenvalue weighted by molar-refractivity contribution is 6.42. The van der Waals surface area contributed by atoms with Crippen LogP contribution in [0.15, 0.2) is 81.1 Å². The molecule has 0 N–H and O–H groups in total. The molecule has 5 rings (SSSR count). The lowest BCUT2D eigenvalue weighted by Crippen LogP contribution is -2.19. The smallest absolute Gasteiger partial charge is 0.329 e. The number of rotatable bonds is 6. The van der Waals surface area contributed by atoms with Gasteiger partial charge in [0.05, 0.1) is 11.4 Å². The lowest BCUT2D eigenvalue weighted by atomic mass is 9.90. The van der Waals surface area contributed by atoms with Crippen molar-refractivity contribution < 1.29 is 17.3 Å². The summed E-state index contributed by atoms with van der Waals surface area (Å²) in [7, 11) is -5.47. The first-order chi connectivity index (χ1) is 19.8. The van der Waals surface area contributed by atoms with Crippen LogP contribution in [0.2, 0.25) is 0 Å². The number of hydrogen-bond acceptors (Lipinski definition) is 2. The molecule has 0 atom stereocenters. The summed E-state index contributed by atoms with van der Waals surface area (Å²) in [6.45, 7) is 14.6. The van der Waals surface area contributed by atoms with E-state index in [1.165, 1.54) is 0 Å². The fourth-order valence-electron chi connectivity index (χ4n) is 6.21. The van der Waals surface area contributed by atoms with Gasteiger partial charge in [0.15, 0.2) is 0 Å². The minimum Gasteiger partial charge on any atom is -0.329 e. The molecule has 0 bridgehead atoms. The van der Waals surface area contributed by atoms with Crippen LogP contribution in [0.25, 0.3) is 11.1 Å². The Morgan fingerprint density at radius 1 is 0.571 bits per heavy atom. The molecule has 4 heterocycles. The van der Waals surface area contributed by atoms with Crippen molar-refractivity contribution in [3.05, 3.63) is 116 Å². The highest BCUT2D eigenvalue weighted by Gasteiger charge is 2.31. The van der Waals surface area contributed by atoms with Crippen molar-refractivity contribution in [2.24, 2.45) is 9.98 Å². The number of hydrogen-bond donors (Lipinski definition) is 0. The van der Waals surface area contributed by atoms with Crippen molar-refractivity contribution >= 4 is 37.4 Å². The quantitative estimate of drug-likeness (QED) is 0.211. The van der Waals surface area contributed by atoms with Gasteiger partial charge in [0.25, 0.3) is 0 Å². The van der Waals surface area contributed by atoms with Gasteiger partial charge >= 0.3 is 14.8 Å². The molecular weight excluding hydrogens is 538 g/mol. The first-order valence-electron chi connectivity index (χ1n) is 13.8. The van der Waals surface area contributed by atoms with Gasteiger partial charge in [-0.3, -0.25) is 27.2 Å².